The van der Waals surface area contributed by atoms with Crippen LogP contribution in [0.3, 0.4) is 0 Å². The monoisotopic (exact) mass is 496 g/mol. The van der Waals surface area contributed by atoms with Crippen LogP contribution in [0.4, 0.5) is 0 Å². The number of unbranched alkanes of at least 4 members (excludes halogenated alkanes) is 12. The molecular formula is C31H60O4. The zero-order valence-corrected chi connectivity index (χ0v) is 24.4. The van der Waals surface area contributed by atoms with Crippen LogP contribution < -0.4 is 0 Å². The highest BCUT2D eigenvalue weighted by Crippen LogP contribution is 2.22. The van der Waals surface area contributed by atoms with Crippen molar-refractivity contribution in [3.05, 3.63) is 0 Å². The van der Waals surface area contributed by atoms with E-state index in [1.54, 1.807) is 0 Å². The molecule has 0 aromatic heterocycles. The Kier molecular flexibility index (Phi) is 22.6. The molecule has 0 aliphatic heterocycles. The van der Waals surface area contributed by atoms with E-state index in [2.05, 4.69) is 41.5 Å². The third-order valence-corrected chi connectivity index (χ3v) is 6.90. The van der Waals surface area contributed by atoms with Crippen LogP contribution in [-0.4, -0.2) is 25.2 Å². The molecule has 0 N–H and O–H groups in total. The SMILES string of the molecule is CC(C)CCOC(=O)CCCCCCCCCCCCCCCC(C(=O)OCCC(C)C)C(C)C. The standard InChI is InChI=1S/C31H60O4/c1-26(2)22-24-34-30(32)21-19-17-15-13-11-9-7-8-10-12-14-16-18-20-29(28(5)6)31(33)35-25-23-27(3)4/h26-29H,7-25H2,1-6H3. The summed E-state index contributed by atoms with van der Waals surface area (Å²) in [5, 5.41) is 0. The van der Waals surface area contributed by atoms with Crippen LogP contribution in [0.2, 0.25) is 0 Å². The third kappa shape index (κ3) is 23.1. The van der Waals surface area contributed by atoms with Crippen molar-refractivity contribution in [1.82, 2.24) is 0 Å². The summed E-state index contributed by atoms with van der Waals surface area (Å²) in [4.78, 5) is 24.0. The summed E-state index contributed by atoms with van der Waals surface area (Å²) in [6, 6.07) is 0. The van der Waals surface area contributed by atoms with Crippen molar-refractivity contribution < 1.29 is 19.1 Å². The number of carbonyl (C=O) groups is 2. The van der Waals surface area contributed by atoms with E-state index in [1.165, 1.54) is 64.2 Å². The van der Waals surface area contributed by atoms with Gasteiger partial charge in [0, 0.05) is 6.42 Å². The van der Waals surface area contributed by atoms with Crippen LogP contribution in [0.15, 0.2) is 0 Å². The lowest BCUT2D eigenvalue weighted by Gasteiger charge is -2.19. The Labute approximate surface area is 218 Å². The molecule has 0 heterocycles. The van der Waals surface area contributed by atoms with Gasteiger partial charge < -0.3 is 9.47 Å². The minimum absolute atomic E-state index is 0.0141. The highest BCUT2D eigenvalue weighted by Gasteiger charge is 2.23. The van der Waals surface area contributed by atoms with Gasteiger partial charge in [-0.25, -0.2) is 0 Å². The summed E-state index contributed by atoms with van der Waals surface area (Å²) in [5.74, 6) is 1.58. The Bertz CT molecular complexity index is 498. The zero-order valence-electron chi connectivity index (χ0n) is 24.4. The number of rotatable bonds is 24. The minimum Gasteiger partial charge on any atom is -0.466 e. The Hall–Kier alpha value is -1.06. The van der Waals surface area contributed by atoms with Crippen molar-refractivity contribution in [3.8, 4) is 0 Å². The first-order valence-corrected chi connectivity index (χ1v) is 15.1. The molecule has 0 bridgehead atoms. The fourth-order valence-corrected chi connectivity index (χ4v) is 4.28. The van der Waals surface area contributed by atoms with Gasteiger partial charge in [-0.05, 0) is 43.4 Å². The number of carbonyl (C=O) groups excluding carboxylic acids is 2. The topological polar surface area (TPSA) is 52.6 Å². The van der Waals surface area contributed by atoms with E-state index in [0.29, 0.717) is 37.4 Å². The molecule has 4 heteroatoms. The second-order valence-corrected chi connectivity index (χ2v) is 11.7. The number of ether oxygens (including phenoxy) is 2. The number of esters is 2. The molecule has 0 aromatic rings. The van der Waals surface area contributed by atoms with Crippen LogP contribution in [-0.2, 0) is 19.1 Å². The van der Waals surface area contributed by atoms with Gasteiger partial charge in [-0.2, -0.15) is 0 Å². The molecule has 0 amide bonds. The minimum atomic E-state index is -0.0232. The van der Waals surface area contributed by atoms with E-state index >= 15 is 0 Å². The molecule has 0 aliphatic rings. The third-order valence-electron chi connectivity index (χ3n) is 6.90. The lowest BCUT2D eigenvalue weighted by atomic mass is 9.90. The van der Waals surface area contributed by atoms with E-state index in [0.717, 1.165) is 38.5 Å². The molecule has 0 spiro atoms. The maximum atomic E-state index is 12.4. The smallest absolute Gasteiger partial charge is 0.309 e. The van der Waals surface area contributed by atoms with Crippen LogP contribution in [0.5, 0.6) is 0 Å². The van der Waals surface area contributed by atoms with Gasteiger partial charge in [-0.15, -0.1) is 0 Å². The number of hydrogen-bond acceptors (Lipinski definition) is 4. The van der Waals surface area contributed by atoms with Gasteiger partial charge in [-0.3, -0.25) is 9.59 Å². The van der Waals surface area contributed by atoms with E-state index in [4.69, 9.17) is 9.47 Å². The van der Waals surface area contributed by atoms with E-state index in [9.17, 15) is 9.59 Å². The van der Waals surface area contributed by atoms with Gasteiger partial charge >= 0.3 is 11.9 Å². The molecule has 0 radical (unpaired) electrons. The van der Waals surface area contributed by atoms with Crippen molar-refractivity contribution >= 4 is 11.9 Å². The summed E-state index contributed by atoms with van der Waals surface area (Å²) < 4.78 is 10.8. The molecular weight excluding hydrogens is 436 g/mol. The lowest BCUT2D eigenvalue weighted by molar-refractivity contribution is -0.150. The molecule has 0 saturated heterocycles. The van der Waals surface area contributed by atoms with Gasteiger partial charge in [0.05, 0.1) is 19.1 Å². The summed E-state index contributed by atoms with van der Waals surface area (Å²) >= 11 is 0. The highest BCUT2D eigenvalue weighted by molar-refractivity contribution is 5.72. The Morgan fingerprint density at radius 3 is 1.34 bits per heavy atom. The van der Waals surface area contributed by atoms with Gasteiger partial charge in [0.1, 0.15) is 0 Å². The molecule has 0 fully saturated rings. The maximum absolute atomic E-state index is 12.4. The normalized spacial score (nSPS) is 12.5. The lowest BCUT2D eigenvalue weighted by Crippen LogP contribution is -2.23. The highest BCUT2D eigenvalue weighted by atomic mass is 16.5. The van der Waals surface area contributed by atoms with E-state index in [-0.39, 0.29) is 17.9 Å². The van der Waals surface area contributed by atoms with Gasteiger partial charge in [0.25, 0.3) is 0 Å². The maximum Gasteiger partial charge on any atom is 0.309 e. The van der Waals surface area contributed by atoms with Crippen LogP contribution in [0.25, 0.3) is 0 Å². The molecule has 0 aliphatic carbocycles. The van der Waals surface area contributed by atoms with Crippen LogP contribution >= 0.6 is 0 Å². The Morgan fingerprint density at radius 2 is 0.914 bits per heavy atom. The van der Waals surface area contributed by atoms with Crippen molar-refractivity contribution in [2.75, 3.05) is 13.2 Å². The van der Waals surface area contributed by atoms with Crippen LogP contribution in [0, 0.1) is 23.7 Å². The first-order chi connectivity index (χ1) is 16.7. The largest absolute Gasteiger partial charge is 0.466 e. The average Bonchev–Trinajstić information content (AvgIpc) is 2.77. The predicted molar refractivity (Wildman–Crippen MR) is 148 cm³/mol. The first-order valence-electron chi connectivity index (χ1n) is 15.1. The fraction of sp³-hybridized carbons (Fsp3) is 0.935. The molecule has 35 heavy (non-hydrogen) atoms. The van der Waals surface area contributed by atoms with E-state index in [1.807, 2.05) is 0 Å². The quantitative estimate of drug-likeness (QED) is 0.0986. The molecule has 4 nitrogen and oxygen atoms in total. The van der Waals surface area contributed by atoms with Gasteiger partial charge in [0.2, 0.25) is 0 Å². The van der Waals surface area contributed by atoms with Gasteiger partial charge in [-0.1, -0.05) is 119 Å². The summed E-state index contributed by atoms with van der Waals surface area (Å²) in [5.41, 5.74) is 0. The molecule has 1 atom stereocenters. The second-order valence-electron chi connectivity index (χ2n) is 11.7. The van der Waals surface area contributed by atoms with Crippen molar-refractivity contribution in [2.45, 2.75) is 151 Å². The average molecular weight is 497 g/mol. The van der Waals surface area contributed by atoms with Gasteiger partial charge in [0.15, 0.2) is 0 Å². The summed E-state index contributed by atoms with van der Waals surface area (Å²) in [7, 11) is 0. The second kappa shape index (κ2) is 23.3. The zero-order chi connectivity index (χ0) is 26.3. The number of hydrogen-bond donors (Lipinski definition) is 0. The van der Waals surface area contributed by atoms with Crippen molar-refractivity contribution in [2.24, 2.45) is 23.7 Å². The Balaban J connectivity index is 3.48. The molecule has 1 unspecified atom stereocenters. The molecule has 208 valence electrons. The molecule has 0 aromatic carbocycles. The van der Waals surface area contributed by atoms with E-state index < -0.39 is 0 Å². The van der Waals surface area contributed by atoms with Crippen molar-refractivity contribution in [1.29, 1.82) is 0 Å². The molecule has 0 saturated carbocycles. The molecule has 0 rings (SSSR count). The summed E-state index contributed by atoms with van der Waals surface area (Å²) in [6.07, 6.45) is 19.8. The van der Waals surface area contributed by atoms with Crippen LogP contribution in [0.1, 0.15) is 151 Å². The summed E-state index contributed by atoms with van der Waals surface area (Å²) in [6.45, 7) is 14.0. The van der Waals surface area contributed by atoms with Crippen molar-refractivity contribution in [3.63, 3.8) is 0 Å². The predicted octanol–water partition coefficient (Wildman–Crippen LogP) is 9.29. The first kappa shape index (κ1) is 33.9. The Morgan fingerprint density at radius 1 is 0.514 bits per heavy atom. The fourth-order valence-electron chi connectivity index (χ4n) is 4.28.